The Hall–Kier alpha value is -1.67. The second kappa shape index (κ2) is 6.48. The van der Waals surface area contributed by atoms with Gasteiger partial charge in [-0.1, -0.05) is 43.3 Å². The van der Waals surface area contributed by atoms with Gasteiger partial charge in [0.1, 0.15) is 5.82 Å². The summed E-state index contributed by atoms with van der Waals surface area (Å²) in [5.41, 5.74) is 3.73. The van der Waals surface area contributed by atoms with Gasteiger partial charge >= 0.3 is 0 Å². The molecule has 0 saturated heterocycles. The van der Waals surface area contributed by atoms with Gasteiger partial charge in [0.2, 0.25) is 0 Å². The molecule has 19 heavy (non-hydrogen) atoms. The molecule has 1 atom stereocenters. The monoisotopic (exact) mass is 257 g/mol. The summed E-state index contributed by atoms with van der Waals surface area (Å²) in [6.07, 6.45) is 1.07. The van der Waals surface area contributed by atoms with E-state index in [1.807, 2.05) is 12.1 Å². The van der Waals surface area contributed by atoms with Crippen molar-refractivity contribution in [3.63, 3.8) is 0 Å². The first-order chi connectivity index (χ1) is 9.19. The van der Waals surface area contributed by atoms with Crippen molar-refractivity contribution in [3.8, 4) is 0 Å². The smallest absolute Gasteiger partial charge is 0.123 e. The molecule has 2 aromatic carbocycles. The standard InChI is InChI=1S/C17H20FN/c1-3-14-4-6-15(7-5-14)12-19-13(2)16-8-10-17(18)11-9-16/h4-11,13,19H,3,12H2,1-2H3/t13-/m1/s1. The highest BCUT2D eigenvalue weighted by atomic mass is 19.1. The fourth-order valence-electron chi connectivity index (χ4n) is 2.03. The van der Waals surface area contributed by atoms with Gasteiger partial charge in [-0.3, -0.25) is 0 Å². The molecule has 0 aromatic heterocycles. The molecule has 1 nitrogen and oxygen atoms in total. The number of hydrogen-bond acceptors (Lipinski definition) is 1. The summed E-state index contributed by atoms with van der Waals surface area (Å²) in [6, 6.07) is 15.5. The molecule has 0 bridgehead atoms. The first kappa shape index (κ1) is 13.8. The van der Waals surface area contributed by atoms with Crippen molar-refractivity contribution < 1.29 is 4.39 Å². The molecule has 0 radical (unpaired) electrons. The average Bonchev–Trinajstić information content (AvgIpc) is 2.46. The van der Waals surface area contributed by atoms with Crippen molar-refractivity contribution in [1.29, 1.82) is 0 Å². The van der Waals surface area contributed by atoms with E-state index in [-0.39, 0.29) is 11.9 Å². The van der Waals surface area contributed by atoms with E-state index >= 15 is 0 Å². The molecule has 0 aliphatic heterocycles. The number of nitrogens with one attached hydrogen (secondary N) is 1. The van der Waals surface area contributed by atoms with Crippen molar-refractivity contribution in [1.82, 2.24) is 5.32 Å². The maximum atomic E-state index is 12.9. The zero-order valence-electron chi connectivity index (χ0n) is 11.5. The Morgan fingerprint density at radius 1 is 0.947 bits per heavy atom. The maximum absolute atomic E-state index is 12.9. The lowest BCUT2D eigenvalue weighted by Crippen LogP contribution is -2.18. The van der Waals surface area contributed by atoms with E-state index in [2.05, 4.69) is 43.4 Å². The number of benzene rings is 2. The number of hydrogen-bond donors (Lipinski definition) is 1. The number of rotatable bonds is 5. The van der Waals surface area contributed by atoms with Crippen LogP contribution in [0, 0.1) is 5.82 Å². The molecular formula is C17H20FN. The molecule has 0 saturated carbocycles. The first-order valence-corrected chi connectivity index (χ1v) is 6.75. The molecule has 0 spiro atoms. The lowest BCUT2D eigenvalue weighted by molar-refractivity contribution is 0.571. The molecule has 0 unspecified atom stereocenters. The highest BCUT2D eigenvalue weighted by Crippen LogP contribution is 2.14. The fraction of sp³-hybridized carbons (Fsp3) is 0.294. The molecule has 0 amide bonds. The largest absolute Gasteiger partial charge is 0.306 e. The van der Waals surface area contributed by atoms with Gasteiger partial charge in [0.15, 0.2) is 0 Å². The Balaban J connectivity index is 1.92. The molecule has 0 aliphatic rings. The van der Waals surface area contributed by atoms with Crippen LogP contribution in [-0.4, -0.2) is 0 Å². The quantitative estimate of drug-likeness (QED) is 0.844. The first-order valence-electron chi connectivity index (χ1n) is 6.75. The summed E-state index contributed by atoms with van der Waals surface area (Å²) < 4.78 is 12.9. The van der Waals surface area contributed by atoms with Gasteiger partial charge in [-0.2, -0.15) is 0 Å². The van der Waals surface area contributed by atoms with Gasteiger partial charge in [0.05, 0.1) is 0 Å². The van der Waals surface area contributed by atoms with Crippen LogP contribution in [0.3, 0.4) is 0 Å². The second-order valence-electron chi connectivity index (χ2n) is 4.82. The molecule has 2 rings (SSSR count). The summed E-state index contributed by atoms with van der Waals surface area (Å²) in [4.78, 5) is 0. The van der Waals surface area contributed by atoms with Crippen molar-refractivity contribution >= 4 is 0 Å². The van der Waals surface area contributed by atoms with Gasteiger partial charge in [0, 0.05) is 12.6 Å². The maximum Gasteiger partial charge on any atom is 0.123 e. The van der Waals surface area contributed by atoms with Crippen molar-refractivity contribution in [2.45, 2.75) is 32.9 Å². The molecule has 1 N–H and O–H groups in total. The molecule has 0 heterocycles. The fourth-order valence-corrected chi connectivity index (χ4v) is 2.03. The van der Waals surface area contributed by atoms with Crippen LogP contribution in [0.15, 0.2) is 48.5 Å². The molecule has 0 fully saturated rings. The minimum absolute atomic E-state index is 0.189. The average molecular weight is 257 g/mol. The van der Waals surface area contributed by atoms with Crippen molar-refractivity contribution in [2.24, 2.45) is 0 Å². The second-order valence-corrected chi connectivity index (χ2v) is 4.82. The van der Waals surface area contributed by atoms with E-state index in [1.165, 1.54) is 23.3 Å². The van der Waals surface area contributed by atoms with Crippen LogP contribution in [0.25, 0.3) is 0 Å². The van der Waals surface area contributed by atoms with Crippen molar-refractivity contribution in [2.75, 3.05) is 0 Å². The van der Waals surface area contributed by atoms with Crippen LogP contribution in [0.1, 0.15) is 36.6 Å². The predicted molar refractivity (Wildman–Crippen MR) is 77.5 cm³/mol. The van der Waals surface area contributed by atoms with E-state index in [4.69, 9.17) is 0 Å². The number of aryl methyl sites for hydroxylation is 1. The highest BCUT2D eigenvalue weighted by molar-refractivity contribution is 5.23. The molecular weight excluding hydrogens is 237 g/mol. The Bertz CT molecular complexity index is 502. The SMILES string of the molecule is CCc1ccc(CN[C@H](C)c2ccc(F)cc2)cc1. The Morgan fingerprint density at radius 3 is 2.11 bits per heavy atom. The van der Waals surface area contributed by atoms with Crippen LogP contribution >= 0.6 is 0 Å². The van der Waals surface area contributed by atoms with Gasteiger partial charge in [-0.05, 0) is 42.2 Å². The summed E-state index contributed by atoms with van der Waals surface area (Å²) >= 11 is 0. The summed E-state index contributed by atoms with van der Waals surface area (Å²) in [6.45, 7) is 5.07. The zero-order chi connectivity index (χ0) is 13.7. The molecule has 0 aliphatic carbocycles. The van der Waals surface area contributed by atoms with Gasteiger partial charge < -0.3 is 5.32 Å². The lowest BCUT2D eigenvalue weighted by atomic mass is 10.1. The third-order valence-corrected chi connectivity index (χ3v) is 3.41. The van der Waals surface area contributed by atoms with E-state index in [0.717, 1.165) is 18.5 Å². The van der Waals surface area contributed by atoms with Gasteiger partial charge in [-0.15, -0.1) is 0 Å². The summed E-state index contributed by atoms with van der Waals surface area (Å²) in [5.74, 6) is -0.189. The molecule has 2 aromatic rings. The summed E-state index contributed by atoms with van der Waals surface area (Å²) in [5, 5.41) is 3.45. The predicted octanol–water partition coefficient (Wildman–Crippen LogP) is 4.24. The minimum Gasteiger partial charge on any atom is -0.306 e. The molecule has 2 heteroatoms. The van der Waals surface area contributed by atoms with Crippen molar-refractivity contribution in [3.05, 3.63) is 71.0 Å². The van der Waals surface area contributed by atoms with Crippen LogP contribution in [-0.2, 0) is 13.0 Å². The van der Waals surface area contributed by atoms with Crippen LogP contribution in [0.4, 0.5) is 4.39 Å². The Labute approximate surface area is 114 Å². The van der Waals surface area contributed by atoms with Crippen LogP contribution in [0.5, 0.6) is 0 Å². The van der Waals surface area contributed by atoms with E-state index in [9.17, 15) is 4.39 Å². The van der Waals surface area contributed by atoms with Gasteiger partial charge in [0.25, 0.3) is 0 Å². The van der Waals surface area contributed by atoms with Crippen LogP contribution < -0.4 is 5.32 Å². The Morgan fingerprint density at radius 2 is 1.53 bits per heavy atom. The number of halogens is 1. The normalized spacial score (nSPS) is 12.4. The van der Waals surface area contributed by atoms with Gasteiger partial charge in [-0.25, -0.2) is 4.39 Å². The zero-order valence-corrected chi connectivity index (χ0v) is 11.5. The molecule has 100 valence electrons. The third kappa shape index (κ3) is 3.90. The Kier molecular flexibility index (Phi) is 4.69. The highest BCUT2D eigenvalue weighted by Gasteiger charge is 2.04. The van der Waals surface area contributed by atoms with E-state index < -0.39 is 0 Å². The van der Waals surface area contributed by atoms with E-state index in [1.54, 1.807) is 0 Å². The topological polar surface area (TPSA) is 12.0 Å². The van der Waals surface area contributed by atoms with Crippen LogP contribution in [0.2, 0.25) is 0 Å². The third-order valence-electron chi connectivity index (χ3n) is 3.41. The lowest BCUT2D eigenvalue weighted by Gasteiger charge is -2.14. The van der Waals surface area contributed by atoms with E-state index in [0.29, 0.717) is 0 Å². The summed E-state index contributed by atoms with van der Waals surface area (Å²) in [7, 11) is 0. The minimum atomic E-state index is -0.189.